The van der Waals surface area contributed by atoms with E-state index in [1.807, 2.05) is 13.0 Å². The average molecular weight is 388 g/mol. The van der Waals surface area contributed by atoms with Gasteiger partial charge in [0.25, 0.3) is 5.91 Å². The van der Waals surface area contributed by atoms with Crippen molar-refractivity contribution in [2.75, 3.05) is 25.0 Å². The number of nitrogens with zero attached hydrogens (tertiary/aromatic N) is 1. The van der Waals surface area contributed by atoms with Crippen LogP contribution < -0.4 is 10.1 Å². The number of hydrogen-bond acceptors (Lipinski definition) is 4. The van der Waals surface area contributed by atoms with Crippen molar-refractivity contribution in [1.29, 1.82) is 0 Å². The van der Waals surface area contributed by atoms with Crippen LogP contribution in [0.5, 0.6) is 5.75 Å². The number of amides is 1. The molecule has 0 saturated carbocycles. The Kier molecular flexibility index (Phi) is 6.13. The standard InChI is InChI=1S/C20H24N2O4S/c1-2-26-19-9-5-4-8-18(19)20(23)21-16-10-12-17(13-11-16)27(24,25)22-14-6-3-7-15-22/h4-5,8-13H,2-3,6-7,14-15H2,1H3,(H,21,23). The Bertz CT molecular complexity index is 888. The summed E-state index contributed by atoms with van der Waals surface area (Å²) >= 11 is 0. The highest BCUT2D eigenvalue weighted by Crippen LogP contribution is 2.23. The van der Waals surface area contributed by atoms with Crippen molar-refractivity contribution in [2.45, 2.75) is 31.1 Å². The van der Waals surface area contributed by atoms with Gasteiger partial charge in [0, 0.05) is 18.8 Å². The van der Waals surface area contributed by atoms with Gasteiger partial charge < -0.3 is 10.1 Å². The molecule has 0 atom stereocenters. The Morgan fingerprint density at radius 2 is 1.70 bits per heavy atom. The van der Waals surface area contributed by atoms with Crippen LogP contribution in [0, 0.1) is 0 Å². The van der Waals surface area contributed by atoms with E-state index in [1.54, 1.807) is 30.3 Å². The lowest BCUT2D eigenvalue weighted by Crippen LogP contribution is -2.35. The third-order valence-corrected chi connectivity index (χ3v) is 6.41. The number of rotatable bonds is 6. The number of para-hydroxylation sites is 1. The zero-order valence-electron chi connectivity index (χ0n) is 15.3. The molecule has 27 heavy (non-hydrogen) atoms. The van der Waals surface area contributed by atoms with Crippen LogP contribution in [0.3, 0.4) is 0 Å². The van der Waals surface area contributed by atoms with Gasteiger partial charge in [-0.15, -0.1) is 0 Å². The van der Waals surface area contributed by atoms with Crippen molar-refractivity contribution in [3.63, 3.8) is 0 Å². The van der Waals surface area contributed by atoms with E-state index in [0.717, 1.165) is 19.3 Å². The molecule has 0 radical (unpaired) electrons. The van der Waals surface area contributed by atoms with Gasteiger partial charge in [-0.1, -0.05) is 18.6 Å². The Labute approximate surface area is 160 Å². The van der Waals surface area contributed by atoms with Gasteiger partial charge in [-0.05, 0) is 56.2 Å². The quantitative estimate of drug-likeness (QED) is 0.822. The number of hydrogen-bond donors (Lipinski definition) is 1. The number of ether oxygens (including phenoxy) is 1. The van der Waals surface area contributed by atoms with Gasteiger partial charge in [0.1, 0.15) is 5.75 Å². The van der Waals surface area contributed by atoms with E-state index in [4.69, 9.17) is 4.74 Å². The molecule has 1 fully saturated rings. The minimum atomic E-state index is -3.47. The molecule has 1 saturated heterocycles. The molecule has 1 aliphatic rings. The number of anilines is 1. The molecule has 2 aromatic carbocycles. The smallest absolute Gasteiger partial charge is 0.259 e. The molecular weight excluding hydrogens is 364 g/mol. The Balaban J connectivity index is 1.73. The van der Waals surface area contributed by atoms with Gasteiger partial charge in [0.15, 0.2) is 0 Å². The number of piperidine rings is 1. The second-order valence-corrected chi connectivity index (χ2v) is 8.31. The van der Waals surface area contributed by atoms with Crippen LogP contribution in [-0.2, 0) is 10.0 Å². The van der Waals surface area contributed by atoms with Crippen molar-refractivity contribution in [3.05, 3.63) is 54.1 Å². The summed E-state index contributed by atoms with van der Waals surface area (Å²) in [5, 5.41) is 2.79. The fourth-order valence-electron chi connectivity index (χ4n) is 3.10. The summed E-state index contributed by atoms with van der Waals surface area (Å²) in [7, 11) is -3.47. The van der Waals surface area contributed by atoms with E-state index in [9.17, 15) is 13.2 Å². The third kappa shape index (κ3) is 4.48. The van der Waals surface area contributed by atoms with Crippen molar-refractivity contribution < 1.29 is 17.9 Å². The van der Waals surface area contributed by atoms with Gasteiger partial charge in [0.05, 0.1) is 17.1 Å². The molecule has 3 rings (SSSR count). The van der Waals surface area contributed by atoms with E-state index >= 15 is 0 Å². The first-order valence-electron chi connectivity index (χ1n) is 9.16. The van der Waals surface area contributed by atoms with Crippen molar-refractivity contribution >= 4 is 21.6 Å². The summed E-state index contributed by atoms with van der Waals surface area (Å²) in [6.07, 6.45) is 2.86. The highest BCUT2D eigenvalue weighted by Gasteiger charge is 2.25. The number of sulfonamides is 1. The maximum Gasteiger partial charge on any atom is 0.259 e. The molecule has 1 N–H and O–H groups in total. The zero-order chi connectivity index (χ0) is 19.3. The molecule has 0 aliphatic carbocycles. The van der Waals surface area contributed by atoms with Crippen LogP contribution >= 0.6 is 0 Å². The highest BCUT2D eigenvalue weighted by atomic mass is 32.2. The first-order valence-corrected chi connectivity index (χ1v) is 10.6. The number of carbonyl (C=O) groups excluding carboxylic acids is 1. The highest BCUT2D eigenvalue weighted by molar-refractivity contribution is 7.89. The molecule has 144 valence electrons. The predicted molar refractivity (Wildman–Crippen MR) is 105 cm³/mol. The lowest BCUT2D eigenvalue weighted by molar-refractivity contribution is 0.102. The topological polar surface area (TPSA) is 75.7 Å². The van der Waals surface area contributed by atoms with Gasteiger partial charge in [-0.2, -0.15) is 4.31 Å². The minimum absolute atomic E-state index is 0.247. The largest absolute Gasteiger partial charge is 0.493 e. The SMILES string of the molecule is CCOc1ccccc1C(=O)Nc1ccc(S(=O)(=O)N2CCCCC2)cc1. The number of carbonyl (C=O) groups is 1. The lowest BCUT2D eigenvalue weighted by Gasteiger charge is -2.25. The zero-order valence-corrected chi connectivity index (χ0v) is 16.2. The van der Waals surface area contributed by atoms with Crippen LogP contribution in [0.25, 0.3) is 0 Å². The van der Waals surface area contributed by atoms with E-state index in [2.05, 4.69) is 5.32 Å². The first kappa shape index (κ1) is 19.4. The van der Waals surface area contributed by atoms with Gasteiger partial charge in [-0.25, -0.2) is 8.42 Å². The van der Waals surface area contributed by atoms with Gasteiger partial charge in [0.2, 0.25) is 10.0 Å². The van der Waals surface area contributed by atoms with Gasteiger partial charge >= 0.3 is 0 Å². The minimum Gasteiger partial charge on any atom is -0.493 e. The summed E-state index contributed by atoms with van der Waals surface area (Å²) < 4.78 is 32.4. The van der Waals surface area contributed by atoms with Crippen LogP contribution in [0.2, 0.25) is 0 Å². The first-order chi connectivity index (χ1) is 13.0. The van der Waals surface area contributed by atoms with Crippen molar-refractivity contribution in [2.24, 2.45) is 0 Å². The molecule has 1 amide bonds. The Morgan fingerprint density at radius 3 is 2.37 bits per heavy atom. The molecule has 7 heteroatoms. The van der Waals surface area contributed by atoms with Crippen LogP contribution in [0.4, 0.5) is 5.69 Å². The molecule has 0 unspecified atom stereocenters. The van der Waals surface area contributed by atoms with Crippen LogP contribution in [-0.4, -0.2) is 38.3 Å². The lowest BCUT2D eigenvalue weighted by atomic mass is 10.2. The van der Waals surface area contributed by atoms with Crippen LogP contribution in [0.15, 0.2) is 53.4 Å². The molecule has 0 spiro atoms. The summed E-state index contributed by atoms with van der Waals surface area (Å²) in [6.45, 7) is 3.45. The molecule has 1 heterocycles. The summed E-state index contributed by atoms with van der Waals surface area (Å²) in [6, 6.07) is 13.3. The second kappa shape index (κ2) is 8.54. The monoisotopic (exact) mass is 388 g/mol. The molecule has 2 aromatic rings. The summed E-state index contributed by atoms with van der Waals surface area (Å²) in [5.74, 6) is 0.215. The molecule has 6 nitrogen and oxygen atoms in total. The predicted octanol–water partition coefficient (Wildman–Crippen LogP) is 3.51. The van der Waals surface area contributed by atoms with Crippen molar-refractivity contribution in [1.82, 2.24) is 4.31 Å². The van der Waals surface area contributed by atoms with E-state index in [-0.39, 0.29) is 10.8 Å². The number of benzene rings is 2. The maximum absolute atomic E-state index is 12.7. The maximum atomic E-state index is 12.7. The van der Waals surface area contributed by atoms with Gasteiger partial charge in [-0.3, -0.25) is 4.79 Å². The van der Waals surface area contributed by atoms with E-state index in [0.29, 0.717) is 36.7 Å². The average Bonchev–Trinajstić information content (AvgIpc) is 2.70. The second-order valence-electron chi connectivity index (χ2n) is 6.37. The third-order valence-electron chi connectivity index (χ3n) is 4.50. The number of nitrogens with one attached hydrogen (secondary N) is 1. The Hall–Kier alpha value is -2.38. The molecule has 0 bridgehead atoms. The van der Waals surface area contributed by atoms with E-state index < -0.39 is 10.0 Å². The summed E-state index contributed by atoms with van der Waals surface area (Å²) in [4.78, 5) is 12.8. The van der Waals surface area contributed by atoms with Crippen molar-refractivity contribution in [3.8, 4) is 5.75 Å². The van der Waals surface area contributed by atoms with E-state index in [1.165, 1.54) is 16.4 Å². The normalized spacial score (nSPS) is 15.3. The fourth-order valence-corrected chi connectivity index (χ4v) is 4.62. The summed E-state index contributed by atoms with van der Waals surface area (Å²) in [5.41, 5.74) is 0.966. The fraction of sp³-hybridized carbons (Fsp3) is 0.350. The van der Waals surface area contributed by atoms with Crippen LogP contribution in [0.1, 0.15) is 36.5 Å². The Morgan fingerprint density at radius 1 is 1.04 bits per heavy atom. The molecule has 1 aliphatic heterocycles. The molecular formula is C20H24N2O4S. The molecule has 0 aromatic heterocycles.